The van der Waals surface area contributed by atoms with E-state index >= 15 is 0 Å². The third-order valence-electron chi connectivity index (χ3n) is 2.57. The molecule has 2 rings (SSSR count). The third-order valence-corrected chi connectivity index (χ3v) is 2.57. The Kier molecular flexibility index (Phi) is 5.50. The van der Waals surface area contributed by atoms with Crippen LogP contribution in [0.2, 0.25) is 0 Å². The van der Waals surface area contributed by atoms with Gasteiger partial charge in [0.2, 0.25) is 0 Å². The molecule has 0 saturated heterocycles. The summed E-state index contributed by atoms with van der Waals surface area (Å²) in [5, 5.41) is 0. The Balaban J connectivity index is 0.000000771. The highest BCUT2D eigenvalue weighted by atomic mass is 14.9. The average molecular weight is 242 g/mol. The predicted octanol–water partition coefficient (Wildman–Crippen LogP) is 4.60. The van der Waals surface area contributed by atoms with Crippen molar-refractivity contribution in [3.8, 4) is 11.1 Å². The van der Waals surface area contributed by atoms with Crippen LogP contribution in [0.25, 0.3) is 11.1 Å². The second kappa shape index (κ2) is 6.90. The van der Waals surface area contributed by atoms with E-state index in [9.17, 15) is 0 Å². The van der Waals surface area contributed by atoms with Gasteiger partial charge in [0, 0.05) is 23.9 Å². The second-order valence-electron chi connectivity index (χ2n) is 4.35. The number of hydrogen-bond donors (Lipinski definition) is 0. The Morgan fingerprint density at radius 2 is 1.33 bits per heavy atom. The number of aromatic nitrogens is 2. The molecule has 0 radical (unpaired) electrons. The van der Waals surface area contributed by atoms with E-state index in [2.05, 4.69) is 55.0 Å². The molecule has 0 aliphatic rings. The summed E-state index contributed by atoms with van der Waals surface area (Å²) in [6.45, 7) is 10.3. The lowest BCUT2D eigenvalue weighted by Gasteiger charge is -2.05. The highest BCUT2D eigenvalue weighted by molar-refractivity contribution is 5.61. The lowest BCUT2D eigenvalue weighted by Crippen LogP contribution is -1.96. The van der Waals surface area contributed by atoms with Gasteiger partial charge >= 0.3 is 0 Å². The Hall–Kier alpha value is -1.70. The van der Waals surface area contributed by atoms with Gasteiger partial charge in [0.1, 0.15) is 5.82 Å². The van der Waals surface area contributed by atoms with Crippen LogP contribution in [0.3, 0.4) is 0 Å². The maximum atomic E-state index is 4.37. The first-order chi connectivity index (χ1) is 8.66. The summed E-state index contributed by atoms with van der Waals surface area (Å²) in [5.41, 5.74) is 3.51. The smallest absolute Gasteiger partial charge is 0.130 e. The summed E-state index contributed by atoms with van der Waals surface area (Å²) in [7, 11) is 0. The first-order valence-corrected chi connectivity index (χ1v) is 6.56. The molecular formula is C16H22N2. The van der Waals surface area contributed by atoms with Gasteiger partial charge in [-0.25, -0.2) is 9.97 Å². The van der Waals surface area contributed by atoms with Crippen LogP contribution in [0.5, 0.6) is 0 Å². The highest BCUT2D eigenvalue weighted by Gasteiger charge is 2.03. The van der Waals surface area contributed by atoms with Crippen LogP contribution in [-0.4, -0.2) is 9.97 Å². The highest BCUT2D eigenvalue weighted by Crippen LogP contribution is 2.19. The fourth-order valence-corrected chi connectivity index (χ4v) is 1.53. The molecule has 1 heterocycles. The van der Waals surface area contributed by atoms with Gasteiger partial charge in [-0.3, -0.25) is 0 Å². The van der Waals surface area contributed by atoms with Crippen molar-refractivity contribution < 1.29 is 0 Å². The van der Waals surface area contributed by atoms with Crippen LogP contribution in [0.15, 0.2) is 36.7 Å². The van der Waals surface area contributed by atoms with E-state index < -0.39 is 0 Å². The van der Waals surface area contributed by atoms with Crippen LogP contribution in [-0.2, 0) is 0 Å². The molecule has 2 nitrogen and oxygen atoms in total. The summed E-state index contributed by atoms with van der Waals surface area (Å²) in [4.78, 5) is 8.73. The molecule has 1 aromatic carbocycles. The van der Waals surface area contributed by atoms with E-state index in [1.54, 1.807) is 0 Å². The lowest BCUT2D eigenvalue weighted by molar-refractivity contribution is 0.775. The molecule has 0 bridgehead atoms. The van der Waals surface area contributed by atoms with E-state index in [0.29, 0.717) is 5.92 Å². The molecule has 1 aromatic heterocycles. The van der Waals surface area contributed by atoms with E-state index in [0.717, 1.165) is 11.4 Å². The fourth-order valence-electron chi connectivity index (χ4n) is 1.53. The third kappa shape index (κ3) is 3.66. The number of rotatable bonds is 2. The molecular weight excluding hydrogens is 220 g/mol. The number of aryl methyl sites for hydroxylation is 1. The summed E-state index contributed by atoms with van der Waals surface area (Å²) in [6, 6.07) is 8.41. The van der Waals surface area contributed by atoms with Gasteiger partial charge in [-0.2, -0.15) is 0 Å². The maximum Gasteiger partial charge on any atom is 0.130 e. The lowest BCUT2D eigenvalue weighted by atomic mass is 10.1. The molecule has 0 N–H and O–H groups in total. The largest absolute Gasteiger partial charge is 0.240 e. The maximum absolute atomic E-state index is 4.37. The normalized spacial score (nSPS) is 9.89. The molecule has 0 fully saturated rings. The van der Waals surface area contributed by atoms with Crippen LogP contribution in [0.1, 0.15) is 45.0 Å². The fraction of sp³-hybridized carbons (Fsp3) is 0.375. The first-order valence-electron chi connectivity index (χ1n) is 6.56. The van der Waals surface area contributed by atoms with Crippen molar-refractivity contribution >= 4 is 0 Å². The van der Waals surface area contributed by atoms with Gasteiger partial charge in [-0.1, -0.05) is 57.5 Å². The molecule has 2 aromatic rings. The Morgan fingerprint density at radius 3 is 1.78 bits per heavy atom. The minimum Gasteiger partial charge on any atom is -0.240 e. The monoisotopic (exact) mass is 242 g/mol. The van der Waals surface area contributed by atoms with E-state index in [1.165, 1.54) is 11.1 Å². The molecule has 0 unspecified atom stereocenters. The van der Waals surface area contributed by atoms with Gasteiger partial charge in [0.15, 0.2) is 0 Å². The van der Waals surface area contributed by atoms with Crippen LogP contribution in [0.4, 0.5) is 0 Å². The zero-order chi connectivity index (χ0) is 13.5. The summed E-state index contributed by atoms with van der Waals surface area (Å²) < 4.78 is 0. The summed E-state index contributed by atoms with van der Waals surface area (Å²) >= 11 is 0. The summed E-state index contributed by atoms with van der Waals surface area (Å²) in [6.07, 6.45) is 3.79. The minimum atomic E-state index is 0.382. The Bertz CT molecular complexity index is 455. The van der Waals surface area contributed by atoms with Gasteiger partial charge < -0.3 is 0 Å². The van der Waals surface area contributed by atoms with Crippen LogP contribution >= 0.6 is 0 Å². The Morgan fingerprint density at radius 1 is 0.833 bits per heavy atom. The van der Waals surface area contributed by atoms with Gasteiger partial charge in [0.05, 0.1) is 0 Å². The zero-order valence-electron chi connectivity index (χ0n) is 11.9. The van der Waals surface area contributed by atoms with Gasteiger partial charge in [-0.05, 0) is 12.5 Å². The van der Waals surface area contributed by atoms with Gasteiger partial charge in [0.25, 0.3) is 0 Å². The van der Waals surface area contributed by atoms with Crippen molar-refractivity contribution in [1.29, 1.82) is 0 Å². The zero-order valence-corrected chi connectivity index (χ0v) is 11.9. The van der Waals surface area contributed by atoms with E-state index in [4.69, 9.17) is 0 Å². The van der Waals surface area contributed by atoms with Crippen molar-refractivity contribution in [1.82, 2.24) is 9.97 Å². The average Bonchev–Trinajstić information content (AvgIpc) is 2.42. The number of hydrogen-bond acceptors (Lipinski definition) is 2. The van der Waals surface area contributed by atoms with Crippen molar-refractivity contribution in [2.45, 2.75) is 40.5 Å². The summed E-state index contributed by atoms with van der Waals surface area (Å²) in [5.74, 6) is 1.28. The molecule has 0 atom stereocenters. The van der Waals surface area contributed by atoms with Crippen LogP contribution < -0.4 is 0 Å². The van der Waals surface area contributed by atoms with Crippen LogP contribution in [0, 0.1) is 6.92 Å². The standard InChI is InChI=1S/C14H16N2.C2H6/c1-10(2)14-15-8-13(9-16-14)12-6-4-11(3)5-7-12;1-2/h4-10H,1-3H3;1-2H3. The predicted molar refractivity (Wildman–Crippen MR) is 77.6 cm³/mol. The molecule has 96 valence electrons. The minimum absolute atomic E-state index is 0.382. The molecule has 18 heavy (non-hydrogen) atoms. The number of benzene rings is 1. The van der Waals surface area contributed by atoms with Crippen molar-refractivity contribution in [2.24, 2.45) is 0 Å². The van der Waals surface area contributed by atoms with Crippen molar-refractivity contribution in [3.05, 3.63) is 48.0 Å². The molecule has 0 spiro atoms. The molecule has 0 amide bonds. The van der Waals surface area contributed by atoms with E-state index in [-0.39, 0.29) is 0 Å². The van der Waals surface area contributed by atoms with Crippen molar-refractivity contribution in [3.63, 3.8) is 0 Å². The first kappa shape index (κ1) is 14.4. The molecule has 2 heteroatoms. The Labute approximate surface area is 110 Å². The SMILES string of the molecule is CC.Cc1ccc(-c2cnc(C(C)C)nc2)cc1. The molecule has 0 aliphatic heterocycles. The molecule has 0 saturated carbocycles. The quantitative estimate of drug-likeness (QED) is 0.769. The molecule has 0 aliphatic carbocycles. The van der Waals surface area contributed by atoms with Crippen molar-refractivity contribution in [2.75, 3.05) is 0 Å². The number of nitrogens with zero attached hydrogens (tertiary/aromatic N) is 2. The second-order valence-corrected chi connectivity index (χ2v) is 4.35. The van der Waals surface area contributed by atoms with Gasteiger partial charge in [-0.15, -0.1) is 0 Å². The topological polar surface area (TPSA) is 25.8 Å². The van der Waals surface area contributed by atoms with E-state index in [1.807, 2.05) is 26.2 Å².